The maximum atomic E-state index is 13.4. The minimum Gasteiger partial charge on any atom is -0.425 e. The molecule has 0 saturated heterocycles. The number of hydrogen-bond acceptors (Lipinski definition) is 9. The van der Waals surface area contributed by atoms with Gasteiger partial charge in [0.25, 0.3) is 0 Å². The summed E-state index contributed by atoms with van der Waals surface area (Å²) in [6.07, 6.45) is 28.7. The predicted octanol–water partition coefficient (Wildman–Crippen LogP) is 17.6. The first kappa shape index (κ1) is 66.5. The SMILES string of the molecule is CC(C)c1ccccn1.CC(C)c1cn(C(C)C)cn1.CC(C)c1cn(C2CC2)cn1.CC(C)c1cn(C2CCC2)cn1.CC(C)c1cn(Cc2ccccc2)cn1.CC(C)c1cn(Cc2ccccc2F)cn1.Cc1nnc(C(C)C)o1. The number of rotatable bonds is 14. The molecule has 0 spiro atoms. The first-order chi connectivity index (χ1) is 39.6. The van der Waals surface area contributed by atoms with Crippen molar-refractivity contribution in [2.75, 3.05) is 0 Å². The van der Waals surface area contributed by atoms with Gasteiger partial charge in [0, 0.05) is 86.0 Å². The summed E-state index contributed by atoms with van der Waals surface area (Å²) in [5.41, 5.74) is 8.98. The Morgan fingerprint density at radius 2 is 0.904 bits per heavy atom. The molecule has 0 aliphatic heterocycles. The maximum Gasteiger partial charge on any atom is 0.219 e. The average Bonchev–Trinajstić information content (AvgIpc) is 4.33. The molecule has 7 aromatic heterocycles. The number of pyridine rings is 1. The van der Waals surface area contributed by atoms with Gasteiger partial charge in [-0.15, -0.1) is 10.2 Å². The molecule has 11 rings (SSSR count). The largest absolute Gasteiger partial charge is 0.425 e. The van der Waals surface area contributed by atoms with Crippen LogP contribution in [0.1, 0.15) is 260 Å². The van der Waals surface area contributed by atoms with Crippen molar-refractivity contribution in [3.8, 4) is 0 Å². The number of imidazole rings is 5. The fourth-order valence-corrected chi connectivity index (χ4v) is 8.10. The molecule has 0 unspecified atom stereocenters. The Kier molecular flexibility index (Phi) is 27.0. The number of aromatic nitrogens is 13. The smallest absolute Gasteiger partial charge is 0.219 e. The highest BCUT2D eigenvalue weighted by molar-refractivity contribution is 5.19. The highest BCUT2D eigenvalue weighted by atomic mass is 19.1. The van der Waals surface area contributed by atoms with Gasteiger partial charge in [-0.1, -0.05) is 152 Å². The molecule has 2 fully saturated rings. The summed E-state index contributed by atoms with van der Waals surface area (Å²) < 4.78 is 29.2. The lowest BCUT2D eigenvalue weighted by Crippen LogP contribution is -2.15. The molecule has 2 aliphatic rings. The summed E-state index contributed by atoms with van der Waals surface area (Å²) in [5.74, 6) is 4.64. The zero-order chi connectivity index (χ0) is 60.6. The van der Waals surface area contributed by atoms with Gasteiger partial charge < -0.3 is 27.3 Å². The van der Waals surface area contributed by atoms with Crippen LogP contribution in [0, 0.1) is 12.7 Å². The Bertz CT molecular complexity index is 3060. The number of benzene rings is 2. The molecule has 9 aromatic rings. The van der Waals surface area contributed by atoms with E-state index in [1.54, 1.807) is 25.4 Å². The van der Waals surface area contributed by atoms with Crippen LogP contribution in [0.3, 0.4) is 0 Å². The van der Waals surface area contributed by atoms with Crippen molar-refractivity contribution in [1.82, 2.24) is 62.9 Å². The molecule has 0 radical (unpaired) electrons. The van der Waals surface area contributed by atoms with Crippen LogP contribution in [0.5, 0.6) is 0 Å². The Morgan fingerprint density at radius 3 is 1.27 bits per heavy atom. The third kappa shape index (κ3) is 23.1. The molecule has 2 aliphatic carbocycles. The van der Waals surface area contributed by atoms with Crippen LogP contribution in [0.4, 0.5) is 4.39 Å². The Hall–Kier alpha value is -7.29. The summed E-state index contributed by atoms with van der Waals surface area (Å²) in [6, 6.07) is 25.3. The van der Waals surface area contributed by atoms with Gasteiger partial charge in [0.1, 0.15) is 5.82 Å². The van der Waals surface area contributed by atoms with Crippen LogP contribution >= 0.6 is 0 Å². The van der Waals surface area contributed by atoms with Crippen LogP contribution in [-0.4, -0.2) is 62.9 Å². The third-order valence-electron chi connectivity index (χ3n) is 14.0. The molecule has 0 atom stereocenters. The maximum absolute atomic E-state index is 13.4. The molecule has 83 heavy (non-hydrogen) atoms. The van der Waals surface area contributed by atoms with E-state index in [-0.39, 0.29) is 5.82 Å². The van der Waals surface area contributed by atoms with Crippen molar-refractivity contribution < 1.29 is 8.81 Å². The van der Waals surface area contributed by atoms with E-state index in [1.807, 2.05) is 86.4 Å². The van der Waals surface area contributed by atoms with Gasteiger partial charge in [-0.2, -0.15) is 0 Å². The van der Waals surface area contributed by atoms with Crippen LogP contribution in [0.15, 0.2) is 146 Å². The lowest BCUT2D eigenvalue weighted by molar-refractivity contribution is 0.313. The monoisotopic (exact) mass is 1130 g/mol. The molecule has 14 nitrogen and oxygen atoms in total. The fraction of sp³-hybridized carbons (Fsp3) is 0.500. The molecular weight excluding hydrogens is 1030 g/mol. The summed E-state index contributed by atoms with van der Waals surface area (Å²) in [5, 5.41) is 7.52. The zero-order valence-corrected chi connectivity index (χ0v) is 53.1. The highest BCUT2D eigenvalue weighted by Crippen LogP contribution is 2.35. The Balaban J connectivity index is 0.000000179. The van der Waals surface area contributed by atoms with E-state index in [9.17, 15) is 4.39 Å². The minimum atomic E-state index is -0.165. The molecule has 0 bridgehead atoms. The second-order valence-corrected chi connectivity index (χ2v) is 24.2. The molecule has 15 heteroatoms. The number of hydrogen-bond donors (Lipinski definition) is 0. The van der Waals surface area contributed by atoms with E-state index in [1.165, 1.54) is 60.8 Å². The summed E-state index contributed by atoms with van der Waals surface area (Å²) >= 11 is 0. The Labute approximate surface area is 496 Å². The van der Waals surface area contributed by atoms with E-state index in [0.717, 1.165) is 35.7 Å². The summed E-state index contributed by atoms with van der Waals surface area (Å²) in [4.78, 5) is 25.9. The highest BCUT2D eigenvalue weighted by Gasteiger charge is 2.23. The van der Waals surface area contributed by atoms with Crippen molar-refractivity contribution in [2.45, 2.75) is 222 Å². The number of halogens is 1. The van der Waals surface area contributed by atoms with Crippen molar-refractivity contribution in [2.24, 2.45) is 0 Å². The minimum absolute atomic E-state index is 0.165. The van der Waals surface area contributed by atoms with E-state index < -0.39 is 0 Å². The van der Waals surface area contributed by atoms with Gasteiger partial charge in [0.05, 0.1) is 66.7 Å². The van der Waals surface area contributed by atoms with Gasteiger partial charge in [-0.05, 0) is 105 Å². The summed E-state index contributed by atoms with van der Waals surface area (Å²) in [6.45, 7) is 37.4. The lowest BCUT2D eigenvalue weighted by atomic mass is 9.93. The first-order valence-electron chi connectivity index (χ1n) is 30.2. The van der Waals surface area contributed by atoms with E-state index >= 15 is 0 Å². The molecular formula is C68H98FN13O. The second kappa shape index (κ2) is 33.7. The normalized spacial score (nSPS) is 12.8. The van der Waals surface area contributed by atoms with Gasteiger partial charge in [0.15, 0.2) is 0 Å². The van der Waals surface area contributed by atoms with Gasteiger partial charge in [-0.3, -0.25) is 4.98 Å². The van der Waals surface area contributed by atoms with Crippen LogP contribution < -0.4 is 0 Å². The van der Waals surface area contributed by atoms with Crippen molar-refractivity contribution >= 4 is 0 Å². The van der Waals surface area contributed by atoms with Crippen LogP contribution in [-0.2, 0) is 13.1 Å². The topological polar surface area (TPSA) is 141 Å². The third-order valence-corrected chi connectivity index (χ3v) is 14.0. The molecule has 448 valence electrons. The van der Waals surface area contributed by atoms with Crippen LogP contribution in [0.25, 0.3) is 0 Å². The molecule has 7 heterocycles. The lowest BCUT2D eigenvalue weighted by Gasteiger charge is -2.26. The quantitative estimate of drug-likeness (QED) is 0.104. The van der Waals surface area contributed by atoms with Gasteiger partial charge in [-0.25, -0.2) is 29.3 Å². The predicted molar refractivity (Wildman–Crippen MR) is 336 cm³/mol. The molecule has 2 saturated carbocycles. The number of nitrogens with zero attached hydrogens (tertiary/aromatic N) is 13. The van der Waals surface area contributed by atoms with Crippen molar-refractivity contribution in [3.05, 3.63) is 205 Å². The first-order valence-corrected chi connectivity index (χ1v) is 30.2. The molecule has 0 amide bonds. The van der Waals surface area contributed by atoms with E-state index in [0.29, 0.717) is 71.4 Å². The summed E-state index contributed by atoms with van der Waals surface area (Å²) in [7, 11) is 0. The van der Waals surface area contributed by atoms with Gasteiger partial charge in [0.2, 0.25) is 11.8 Å². The standard InChI is InChI=1S/C13H15FN2.C13H16N2.C10H16N2.C9H14N2.C9H16N2.C8H11N.C6H10N2O/c1-10(2)13-8-16(9-15-13)7-11-5-3-4-6-12(11)14;1-11(2)13-9-15(10-14-13)8-12-6-4-3-5-7-12;1-8(2)10-6-12(7-11-10)9-4-3-5-9;1-7(2)9-5-11(6-10-9)8-3-4-8;1-7(2)9-5-11(6-10-9)8(3)4;1-7(2)8-5-3-4-6-9-8;1-4(2)6-8-7-5(3)9-6/h3-6,8-10H,7H2,1-2H3;3-7,9-11H,8H2,1-2H3;6-9H,3-5H2,1-2H3;5-8H,3-4H2,1-2H3;5-8H,1-4H3;3-7H,1-2H3;4H,1-3H3. The van der Waals surface area contributed by atoms with E-state index in [2.05, 4.69) is 204 Å². The number of aryl methyl sites for hydroxylation is 1. The molecule has 0 N–H and O–H groups in total. The van der Waals surface area contributed by atoms with Crippen molar-refractivity contribution in [1.29, 1.82) is 0 Å². The Morgan fingerprint density at radius 1 is 0.446 bits per heavy atom. The van der Waals surface area contributed by atoms with Crippen molar-refractivity contribution in [3.63, 3.8) is 0 Å². The zero-order valence-electron chi connectivity index (χ0n) is 53.1. The fourth-order valence-electron chi connectivity index (χ4n) is 8.10. The average molecular weight is 1130 g/mol. The van der Waals surface area contributed by atoms with Crippen LogP contribution in [0.2, 0.25) is 0 Å². The second-order valence-electron chi connectivity index (χ2n) is 24.2. The van der Waals surface area contributed by atoms with E-state index in [4.69, 9.17) is 4.42 Å². The molecule has 2 aromatic carbocycles. The van der Waals surface area contributed by atoms with Gasteiger partial charge >= 0.3 is 0 Å².